The van der Waals surface area contributed by atoms with Crippen molar-refractivity contribution in [3.05, 3.63) is 121 Å². The van der Waals surface area contributed by atoms with Crippen LogP contribution in [0, 0.1) is 0 Å². The second-order valence-corrected chi connectivity index (χ2v) is 9.12. The molecule has 3 nitrogen and oxygen atoms in total. The monoisotopic (exact) mass is 488 g/mol. The molecule has 0 saturated carbocycles. The van der Waals surface area contributed by atoms with Crippen LogP contribution in [0.15, 0.2) is 104 Å². The maximum absolute atomic E-state index is 13.0. The first-order valence-corrected chi connectivity index (χ1v) is 11.4. The Morgan fingerprint density at radius 1 is 0.839 bits per heavy atom. The van der Waals surface area contributed by atoms with Gasteiger partial charge in [-0.25, -0.2) is 4.79 Å². The maximum Gasteiger partial charge on any atom is 0.344 e. The predicted molar refractivity (Wildman–Crippen MR) is 129 cm³/mol. The smallest absolute Gasteiger partial charge is 0.344 e. The molecule has 0 saturated heterocycles. The van der Waals surface area contributed by atoms with Crippen LogP contribution >= 0.6 is 27.3 Å². The van der Waals surface area contributed by atoms with Crippen molar-refractivity contribution in [1.82, 2.24) is 0 Å². The van der Waals surface area contributed by atoms with Gasteiger partial charge in [-0.1, -0.05) is 70.5 Å². The van der Waals surface area contributed by atoms with Crippen LogP contribution in [0.2, 0.25) is 0 Å². The maximum atomic E-state index is 13.0. The molecular weight excluding hydrogens is 472 g/mol. The van der Waals surface area contributed by atoms with Gasteiger partial charge in [0.1, 0.15) is 11.3 Å². The average molecular weight is 489 g/mol. The number of fused-ring (bicyclic) bond motifs is 1. The SMILES string of the molecule is O=c1oc2ccccc2c(O)c1C(c1ccc(-c2ccc(Br)cc2)cc1)c1cccs1. The summed E-state index contributed by atoms with van der Waals surface area (Å²) >= 11 is 5.02. The minimum Gasteiger partial charge on any atom is -0.507 e. The number of rotatable bonds is 4. The molecule has 0 radical (unpaired) electrons. The van der Waals surface area contributed by atoms with Crippen molar-refractivity contribution in [3.63, 3.8) is 0 Å². The van der Waals surface area contributed by atoms with Gasteiger partial charge in [0.25, 0.3) is 0 Å². The summed E-state index contributed by atoms with van der Waals surface area (Å²) in [4.78, 5) is 13.9. The molecule has 1 atom stereocenters. The van der Waals surface area contributed by atoms with Crippen LogP contribution in [0.4, 0.5) is 0 Å². The molecule has 2 heterocycles. The predicted octanol–water partition coefficient (Wildman–Crippen LogP) is 7.17. The van der Waals surface area contributed by atoms with E-state index in [9.17, 15) is 9.90 Å². The second-order valence-electron chi connectivity index (χ2n) is 7.23. The number of hydrogen-bond acceptors (Lipinski definition) is 4. The summed E-state index contributed by atoms with van der Waals surface area (Å²) in [6.45, 7) is 0. The molecule has 31 heavy (non-hydrogen) atoms. The van der Waals surface area contributed by atoms with E-state index in [1.54, 1.807) is 29.5 Å². The largest absolute Gasteiger partial charge is 0.507 e. The first kappa shape index (κ1) is 19.8. The van der Waals surface area contributed by atoms with Crippen LogP contribution in [0.25, 0.3) is 22.1 Å². The van der Waals surface area contributed by atoms with Crippen LogP contribution in [0.1, 0.15) is 21.9 Å². The first-order chi connectivity index (χ1) is 15.1. The fourth-order valence-corrected chi connectivity index (χ4v) is 4.97. The zero-order chi connectivity index (χ0) is 21.4. The average Bonchev–Trinajstić information content (AvgIpc) is 3.32. The van der Waals surface area contributed by atoms with Crippen molar-refractivity contribution >= 4 is 38.2 Å². The Balaban J connectivity index is 1.66. The standard InChI is InChI=1S/C26H17BrO3S/c27-19-13-11-17(12-14-19)16-7-9-18(10-8-16)23(22-6-3-15-31-22)24-25(28)20-4-1-2-5-21(20)30-26(24)29/h1-15,23,28H. The summed E-state index contributed by atoms with van der Waals surface area (Å²) in [5.74, 6) is -0.443. The fourth-order valence-electron chi connectivity index (χ4n) is 3.84. The Kier molecular flexibility index (Phi) is 5.22. The lowest BCUT2D eigenvalue weighted by molar-refractivity contribution is 0.455. The third-order valence-electron chi connectivity index (χ3n) is 5.36. The van der Waals surface area contributed by atoms with Crippen LogP contribution < -0.4 is 5.63 Å². The van der Waals surface area contributed by atoms with Crippen LogP contribution in [0.5, 0.6) is 5.75 Å². The summed E-state index contributed by atoms with van der Waals surface area (Å²) in [7, 11) is 0. The van der Waals surface area contributed by atoms with E-state index >= 15 is 0 Å². The van der Waals surface area contributed by atoms with E-state index in [0.29, 0.717) is 11.0 Å². The molecule has 0 aliphatic carbocycles. The van der Waals surface area contributed by atoms with Crippen molar-refractivity contribution in [1.29, 1.82) is 0 Å². The van der Waals surface area contributed by atoms with Crippen LogP contribution in [-0.4, -0.2) is 5.11 Å². The molecule has 0 amide bonds. The summed E-state index contributed by atoms with van der Waals surface area (Å²) in [5.41, 5.74) is 3.22. The molecule has 152 valence electrons. The van der Waals surface area contributed by atoms with Gasteiger partial charge < -0.3 is 9.52 Å². The summed E-state index contributed by atoms with van der Waals surface area (Å²) in [6, 6.07) is 27.2. The van der Waals surface area contributed by atoms with Gasteiger partial charge in [0.05, 0.1) is 16.9 Å². The molecule has 0 spiro atoms. The number of para-hydroxylation sites is 1. The van der Waals surface area contributed by atoms with Gasteiger partial charge in [-0.3, -0.25) is 0 Å². The van der Waals surface area contributed by atoms with Gasteiger partial charge in [-0.15, -0.1) is 11.3 Å². The highest BCUT2D eigenvalue weighted by Gasteiger charge is 2.27. The Bertz CT molecular complexity index is 1400. The highest BCUT2D eigenvalue weighted by atomic mass is 79.9. The normalized spacial score (nSPS) is 12.2. The Hall–Kier alpha value is -3.15. The van der Waals surface area contributed by atoms with Crippen LogP contribution in [-0.2, 0) is 0 Å². The van der Waals surface area contributed by atoms with Gasteiger partial charge in [0.2, 0.25) is 0 Å². The van der Waals surface area contributed by atoms with Gasteiger partial charge in [0.15, 0.2) is 0 Å². The molecule has 0 fully saturated rings. The quantitative estimate of drug-likeness (QED) is 0.272. The highest BCUT2D eigenvalue weighted by molar-refractivity contribution is 9.10. The van der Waals surface area contributed by atoms with E-state index in [0.717, 1.165) is 26.0 Å². The molecule has 0 bridgehead atoms. The Labute approximate surface area is 191 Å². The lowest BCUT2D eigenvalue weighted by atomic mass is 9.88. The summed E-state index contributed by atoms with van der Waals surface area (Å²) in [6.07, 6.45) is 0. The third kappa shape index (κ3) is 3.71. The molecular formula is C26H17BrO3S. The zero-order valence-corrected chi connectivity index (χ0v) is 18.7. The van der Waals surface area contributed by atoms with Crippen molar-refractivity contribution < 1.29 is 9.52 Å². The molecule has 5 rings (SSSR count). The van der Waals surface area contributed by atoms with E-state index in [1.165, 1.54) is 0 Å². The summed E-state index contributed by atoms with van der Waals surface area (Å²) < 4.78 is 6.59. The van der Waals surface area contributed by atoms with E-state index in [4.69, 9.17) is 4.42 Å². The van der Waals surface area contributed by atoms with Gasteiger partial charge in [-0.05, 0) is 52.4 Å². The fraction of sp³-hybridized carbons (Fsp3) is 0.0385. The van der Waals surface area contributed by atoms with Gasteiger partial charge in [-0.2, -0.15) is 0 Å². The Morgan fingerprint density at radius 2 is 1.52 bits per heavy atom. The lowest BCUT2D eigenvalue weighted by Gasteiger charge is -2.18. The highest BCUT2D eigenvalue weighted by Crippen LogP contribution is 2.40. The van der Waals surface area contributed by atoms with Crippen molar-refractivity contribution in [2.45, 2.75) is 5.92 Å². The molecule has 1 N–H and O–H groups in total. The van der Waals surface area contributed by atoms with Crippen molar-refractivity contribution in [3.8, 4) is 16.9 Å². The third-order valence-corrected chi connectivity index (χ3v) is 6.82. The molecule has 1 unspecified atom stereocenters. The molecule has 5 aromatic rings. The Morgan fingerprint density at radius 3 is 2.19 bits per heavy atom. The number of thiophene rings is 1. The molecule has 0 aliphatic rings. The lowest BCUT2D eigenvalue weighted by Crippen LogP contribution is -2.14. The van der Waals surface area contributed by atoms with Crippen molar-refractivity contribution in [2.75, 3.05) is 0 Å². The van der Waals surface area contributed by atoms with Crippen LogP contribution in [0.3, 0.4) is 0 Å². The van der Waals surface area contributed by atoms with E-state index in [2.05, 4.69) is 28.1 Å². The van der Waals surface area contributed by atoms with E-state index < -0.39 is 11.5 Å². The molecule has 2 aromatic heterocycles. The number of benzene rings is 3. The minimum atomic E-state index is -0.522. The van der Waals surface area contributed by atoms with Crippen molar-refractivity contribution in [2.24, 2.45) is 0 Å². The zero-order valence-electron chi connectivity index (χ0n) is 16.3. The second kappa shape index (κ2) is 8.17. The first-order valence-electron chi connectivity index (χ1n) is 9.76. The van der Waals surface area contributed by atoms with E-state index in [1.807, 2.05) is 60.0 Å². The topological polar surface area (TPSA) is 50.4 Å². The number of halogens is 1. The van der Waals surface area contributed by atoms with Gasteiger partial charge >= 0.3 is 5.63 Å². The molecule has 0 aliphatic heterocycles. The van der Waals surface area contributed by atoms with E-state index in [-0.39, 0.29) is 11.3 Å². The summed E-state index contributed by atoms with van der Waals surface area (Å²) in [5, 5.41) is 13.6. The van der Waals surface area contributed by atoms with Gasteiger partial charge in [0, 0.05) is 9.35 Å². The molecule has 3 aromatic carbocycles. The molecule has 5 heteroatoms. The number of aromatic hydroxyl groups is 1. The minimum absolute atomic E-state index is 0.0257. The number of hydrogen-bond donors (Lipinski definition) is 1.